The first kappa shape index (κ1) is 15.3. The molecule has 0 amide bonds. The molecule has 1 N–H and O–H groups in total. The number of nitrogens with one attached hydrogen (secondary N) is 1. The first-order valence-corrected chi connectivity index (χ1v) is 6.55. The highest BCUT2D eigenvalue weighted by molar-refractivity contribution is 5.30. The Morgan fingerprint density at radius 1 is 1.35 bits per heavy atom. The number of rotatable bonds is 3. The number of hydrogen-bond acceptors (Lipinski definition) is 2. The molecule has 1 saturated heterocycles. The van der Waals surface area contributed by atoms with E-state index in [9.17, 15) is 17.6 Å². The third-order valence-electron chi connectivity index (χ3n) is 3.64. The van der Waals surface area contributed by atoms with Gasteiger partial charge < -0.3 is 10.1 Å². The van der Waals surface area contributed by atoms with Gasteiger partial charge in [0.2, 0.25) is 0 Å². The zero-order valence-electron chi connectivity index (χ0n) is 11.1. The molecule has 0 aromatic heterocycles. The van der Waals surface area contributed by atoms with E-state index in [0.717, 1.165) is 31.0 Å². The summed E-state index contributed by atoms with van der Waals surface area (Å²) in [6.07, 6.45) is -2.82. The summed E-state index contributed by atoms with van der Waals surface area (Å²) in [5.41, 5.74) is -0.774. The second kappa shape index (κ2) is 6.10. The Bertz CT molecular complexity index is 455. The summed E-state index contributed by atoms with van der Waals surface area (Å²) >= 11 is 0. The topological polar surface area (TPSA) is 21.3 Å². The number of benzene rings is 1. The van der Waals surface area contributed by atoms with Gasteiger partial charge in [-0.2, -0.15) is 13.2 Å². The van der Waals surface area contributed by atoms with Crippen LogP contribution in [0.25, 0.3) is 0 Å². The van der Waals surface area contributed by atoms with Crippen molar-refractivity contribution in [1.82, 2.24) is 5.32 Å². The van der Waals surface area contributed by atoms with Crippen molar-refractivity contribution < 1.29 is 22.3 Å². The molecular formula is C14H17F4NO. The second-order valence-electron chi connectivity index (χ2n) is 4.98. The van der Waals surface area contributed by atoms with Crippen LogP contribution < -0.4 is 5.32 Å². The Morgan fingerprint density at radius 2 is 2.10 bits per heavy atom. The minimum atomic E-state index is -4.47. The molecule has 2 atom stereocenters. The molecular weight excluding hydrogens is 274 g/mol. The van der Waals surface area contributed by atoms with E-state index in [1.807, 2.05) is 0 Å². The molecule has 0 bridgehead atoms. The van der Waals surface area contributed by atoms with Crippen LogP contribution >= 0.6 is 0 Å². The predicted molar refractivity (Wildman–Crippen MR) is 66.7 cm³/mol. The van der Waals surface area contributed by atoms with Crippen molar-refractivity contribution in [2.45, 2.75) is 25.1 Å². The van der Waals surface area contributed by atoms with E-state index in [1.165, 1.54) is 0 Å². The van der Waals surface area contributed by atoms with Crippen molar-refractivity contribution in [3.63, 3.8) is 0 Å². The quantitative estimate of drug-likeness (QED) is 0.860. The maximum absolute atomic E-state index is 13.9. The fraction of sp³-hybridized carbons (Fsp3) is 0.571. The molecule has 0 aliphatic carbocycles. The molecule has 1 fully saturated rings. The number of alkyl halides is 3. The Balaban J connectivity index is 2.32. The Hall–Kier alpha value is -1.14. The SMILES string of the molecule is CNC(c1cc(C(F)(F)F)ccc1F)C1CCCOC1. The average molecular weight is 291 g/mol. The third-order valence-corrected chi connectivity index (χ3v) is 3.64. The number of hydrogen-bond donors (Lipinski definition) is 1. The first-order valence-electron chi connectivity index (χ1n) is 6.55. The van der Waals surface area contributed by atoms with Crippen molar-refractivity contribution >= 4 is 0 Å². The summed E-state index contributed by atoms with van der Waals surface area (Å²) in [7, 11) is 1.62. The van der Waals surface area contributed by atoms with Crippen molar-refractivity contribution in [3.05, 3.63) is 35.1 Å². The van der Waals surface area contributed by atoms with Crippen LogP contribution in [0.5, 0.6) is 0 Å². The lowest BCUT2D eigenvalue weighted by Crippen LogP contribution is -2.32. The van der Waals surface area contributed by atoms with Crippen LogP contribution in [0.4, 0.5) is 17.6 Å². The standard InChI is InChI=1S/C14H17F4NO/c1-19-13(9-3-2-6-20-8-9)11-7-10(14(16,17)18)4-5-12(11)15/h4-5,7,9,13,19H,2-3,6,8H2,1H3. The lowest BCUT2D eigenvalue weighted by Gasteiger charge is -2.30. The van der Waals surface area contributed by atoms with Crippen LogP contribution in [0.3, 0.4) is 0 Å². The lowest BCUT2D eigenvalue weighted by molar-refractivity contribution is -0.137. The molecule has 0 spiro atoms. The largest absolute Gasteiger partial charge is 0.416 e. The molecule has 1 aliphatic rings. The normalized spacial score (nSPS) is 21.8. The molecule has 2 rings (SSSR count). The van der Waals surface area contributed by atoms with Gasteiger partial charge in [0.25, 0.3) is 0 Å². The summed E-state index contributed by atoms with van der Waals surface area (Å²) in [5.74, 6) is -0.644. The van der Waals surface area contributed by atoms with Gasteiger partial charge in [0.05, 0.1) is 12.2 Å². The van der Waals surface area contributed by atoms with Crippen molar-refractivity contribution in [2.24, 2.45) is 5.92 Å². The first-order chi connectivity index (χ1) is 9.43. The molecule has 1 aliphatic heterocycles. The predicted octanol–water partition coefficient (Wildman–Crippen LogP) is 3.53. The van der Waals surface area contributed by atoms with E-state index in [-0.39, 0.29) is 11.5 Å². The van der Waals surface area contributed by atoms with Gasteiger partial charge in [0, 0.05) is 24.1 Å². The monoisotopic (exact) mass is 291 g/mol. The molecule has 20 heavy (non-hydrogen) atoms. The van der Waals surface area contributed by atoms with Gasteiger partial charge in [-0.1, -0.05) is 0 Å². The van der Waals surface area contributed by atoms with E-state index in [0.29, 0.717) is 13.2 Å². The zero-order chi connectivity index (χ0) is 14.8. The van der Waals surface area contributed by atoms with Gasteiger partial charge >= 0.3 is 6.18 Å². The lowest BCUT2D eigenvalue weighted by atomic mass is 9.88. The van der Waals surface area contributed by atoms with Crippen LogP contribution in [0.15, 0.2) is 18.2 Å². The highest BCUT2D eigenvalue weighted by atomic mass is 19.4. The molecule has 1 aromatic carbocycles. The van der Waals surface area contributed by atoms with Crippen molar-refractivity contribution in [3.8, 4) is 0 Å². The van der Waals surface area contributed by atoms with Crippen LogP contribution in [-0.2, 0) is 10.9 Å². The van der Waals surface area contributed by atoms with Gasteiger partial charge in [0.1, 0.15) is 5.82 Å². The molecule has 0 saturated carbocycles. The van der Waals surface area contributed by atoms with Crippen LogP contribution in [0.1, 0.15) is 30.0 Å². The number of ether oxygens (including phenoxy) is 1. The Kier molecular flexibility index (Phi) is 4.65. The maximum atomic E-state index is 13.9. The summed E-state index contributed by atoms with van der Waals surface area (Å²) in [6.45, 7) is 1.08. The summed E-state index contributed by atoms with van der Waals surface area (Å²) in [6, 6.07) is 2.07. The van der Waals surface area contributed by atoms with Crippen molar-refractivity contribution in [2.75, 3.05) is 20.3 Å². The van der Waals surface area contributed by atoms with Gasteiger partial charge in [-0.25, -0.2) is 4.39 Å². The van der Waals surface area contributed by atoms with E-state index in [2.05, 4.69) is 5.32 Å². The minimum absolute atomic E-state index is 0.0215. The van der Waals surface area contributed by atoms with E-state index in [4.69, 9.17) is 4.74 Å². The molecule has 1 heterocycles. The van der Waals surface area contributed by atoms with Gasteiger partial charge in [-0.15, -0.1) is 0 Å². The highest BCUT2D eigenvalue weighted by Gasteiger charge is 2.33. The van der Waals surface area contributed by atoms with Crippen LogP contribution in [0.2, 0.25) is 0 Å². The maximum Gasteiger partial charge on any atom is 0.416 e. The summed E-state index contributed by atoms with van der Waals surface area (Å²) in [5, 5.41) is 2.92. The number of halogens is 4. The van der Waals surface area contributed by atoms with Crippen LogP contribution in [0, 0.1) is 11.7 Å². The molecule has 2 unspecified atom stereocenters. The van der Waals surface area contributed by atoms with Gasteiger partial charge in [-0.05, 0) is 38.1 Å². The fourth-order valence-electron chi connectivity index (χ4n) is 2.63. The smallest absolute Gasteiger partial charge is 0.381 e. The highest BCUT2D eigenvalue weighted by Crippen LogP contribution is 2.35. The Labute approximate surface area is 115 Å². The molecule has 112 valence electrons. The second-order valence-corrected chi connectivity index (χ2v) is 4.98. The minimum Gasteiger partial charge on any atom is -0.381 e. The Morgan fingerprint density at radius 3 is 2.65 bits per heavy atom. The van der Waals surface area contributed by atoms with E-state index in [1.54, 1.807) is 7.05 Å². The van der Waals surface area contributed by atoms with Gasteiger partial charge in [0.15, 0.2) is 0 Å². The average Bonchev–Trinajstić information content (AvgIpc) is 2.41. The molecule has 1 aromatic rings. The van der Waals surface area contributed by atoms with Gasteiger partial charge in [-0.3, -0.25) is 0 Å². The summed E-state index contributed by atoms with van der Waals surface area (Å²) < 4.78 is 57.5. The fourth-order valence-corrected chi connectivity index (χ4v) is 2.63. The molecule has 0 radical (unpaired) electrons. The zero-order valence-corrected chi connectivity index (χ0v) is 11.1. The summed E-state index contributed by atoms with van der Waals surface area (Å²) in [4.78, 5) is 0. The van der Waals surface area contributed by atoms with E-state index < -0.39 is 23.6 Å². The molecule has 6 heteroatoms. The third kappa shape index (κ3) is 3.30. The molecule has 2 nitrogen and oxygen atoms in total. The van der Waals surface area contributed by atoms with Crippen molar-refractivity contribution in [1.29, 1.82) is 0 Å². The van der Waals surface area contributed by atoms with E-state index >= 15 is 0 Å². The van der Waals surface area contributed by atoms with Crippen LogP contribution in [-0.4, -0.2) is 20.3 Å².